The molecule has 0 spiro atoms. The molecule has 4 rings (SSSR count). The number of hydrogen-bond donors (Lipinski definition) is 3. The molecule has 0 bridgehead atoms. The zero-order chi connectivity index (χ0) is 26.0. The largest absolute Gasteiger partial charge is 0.417 e. The van der Waals surface area contributed by atoms with Crippen LogP contribution in [-0.4, -0.2) is 32.1 Å². The molecule has 2 aromatic heterocycles. The summed E-state index contributed by atoms with van der Waals surface area (Å²) in [6.45, 7) is 7.23. The van der Waals surface area contributed by atoms with Gasteiger partial charge in [0.05, 0.1) is 12.1 Å². The number of hydrogen-bond acceptors (Lipinski definition) is 10. The topological polar surface area (TPSA) is 176 Å². The Morgan fingerprint density at radius 2 is 1.34 bits per heavy atom. The molecule has 5 N–H and O–H groups in total. The molecule has 2 heterocycles. The maximum absolute atomic E-state index is 12.8. The normalized spacial score (nSPS) is 12.2. The van der Waals surface area contributed by atoms with Crippen molar-refractivity contribution in [3.63, 3.8) is 0 Å². The molecule has 13 heteroatoms. The lowest BCUT2D eigenvalue weighted by Crippen LogP contribution is -2.13. The van der Waals surface area contributed by atoms with Gasteiger partial charge < -0.3 is 25.6 Å². The van der Waals surface area contributed by atoms with E-state index in [1.165, 1.54) is 0 Å². The van der Waals surface area contributed by atoms with Gasteiger partial charge in [0.1, 0.15) is 0 Å². The van der Waals surface area contributed by atoms with Crippen molar-refractivity contribution < 1.29 is 18.4 Å². The Morgan fingerprint density at radius 3 is 1.92 bits per heavy atom. The van der Waals surface area contributed by atoms with Gasteiger partial charge in [0.25, 0.3) is 5.89 Å². The summed E-state index contributed by atoms with van der Waals surface area (Å²) in [4.78, 5) is 25.4. The van der Waals surface area contributed by atoms with Gasteiger partial charge in [-0.05, 0) is 61.6 Å². The predicted octanol–water partition coefficient (Wildman–Crippen LogP) is 3.68. The van der Waals surface area contributed by atoms with Crippen molar-refractivity contribution in [2.75, 3.05) is 5.32 Å². The van der Waals surface area contributed by atoms with E-state index in [2.05, 4.69) is 25.7 Å². The summed E-state index contributed by atoms with van der Waals surface area (Å²) < 4.78 is 10.7. The molecule has 0 saturated heterocycles. The van der Waals surface area contributed by atoms with E-state index in [0.717, 1.165) is 27.8 Å². The number of nitrogens with zero attached hydrogens (tertiary/aromatic N) is 4. The van der Waals surface area contributed by atoms with Crippen LogP contribution in [0, 0.1) is 13.8 Å². The average Bonchev–Trinajstić information content (AvgIpc) is 3.53. The maximum atomic E-state index is 12.8. The molecule has 38 heavy (non-hydrogen) atoms. The highest BCUT2D eigenvalue weighted by molar-refractivity contribution is 7.59. The van der Waals surface area contributed by atoms with E-state index in [4.69, 9.17) is 20.3 Å². The first kappa shape index (κ1) is 30.7. The van der Waals surface area contributed by atoms with Gasteiger partial charge in [-0.2, -0.15) is 27.0 Å². The lowest BCUT2D eigenvalue weighted by atomic mass is 9.91. The third-order valence-corrected chi connectivity index (χ3v) is 5.76. The molecule has 2 aromatic carbocycles. The quantitative estimate of drug-likeness (QED) is 0.271. The number of rotatable bonds is 8. The minimum absolute atomic E-state index is 0. The molecule has 0 radical (unpaired) electrons. The second-order valence-corrected chi connectivity index (χ2v) is 8.59. The second-order valence-electron chi connectivity index (χ2n) is 8.59. The van der Waals surface area contributed by atoms with Crippen LogP contribution in [0.25, 0.3) is 11.1 Å². The van der Waals surface area contributed by atoms with Crippen molar-refractivity contribution in [3.05, 3.63) is 76.7 Å². The molecule has 0 unspecified atom stereocenters. The molecular formula is C25H31N7O4S2. The number of amides is 1. The van der Waals surface area contributed by atoms with Crippen LogP contribution >= 0.6 is 27.0 Å². The van der Waals surface area contributed by atoms with Crippen LogP contribution in [0.4, 0.5) is 5.69 Å². The Balaban J connectivity index is 0.00000253. The van der Waals surface area contributed by atoms with E-state index in [1.807, 2.05) is 44.2 Å². The van der Waals surface area contributed by atoms with Crippen molar-refractivity contribution in [2.45, 2.75) is 46.2 Å². The van der Waals surface area contributed by atoms with E-state index >= 15 is 0 Å². The average molecular weight is 558 g/mol. The number of carbonyl (C=O) groups is 2. The summed E-state index contributed by atoms with van der Waals surface area (Å²) in [6.07, 6.45) is 0.0921. The Labute approximate surface area is 233 Å². The number of carbonyl (C=O) groups excluding carboxylic acids is 2. The maximum Gasteiger partial charge on any atom is 0.313 e. The SMILES string of the molecule is Cc1c(CC(=O)c2nnc([C@H](C)N)o2)cccc1-c1cccc(NC(=O)c2nnc([C@H](C)N)o2)c1C.S.S. The van der Waals surface area contributed by atoms with Gasteiger partial charge in [-0.25, -0.2) is 0 Å². The number of nitrogens with one attached hydrogen (secondary N) is 1. The van der Waals surface area contributed by atoms with Gasteiger partial charge in [-0.1, -0.05) is 30.3 Å². The van der Waals surface area contributed by atoms with E-state index in [9.17, 15) is 9.59 Å². The fraction of sp³-hybridized carbons (Fsp3) is 0.280. The lowest BCUT2D eigenvalue weighted by Gasteiger charge is -2.15. The number of Topliss-reactive ketones (excluding diaryl/α,β-unsaturated/α-hetero) is 1. The highest BCUT2D eigenvalue weighted by atomic mass is 32.1. The Kier molecular flexibility index (Phi) is 10.4. The molecule has 0 aliphatic heterocycles. The molecule has 202 valence electrons. The Bertz CT molecular complexity index is 1330. The summed E-state index contributed by atoms with van der Waals surface area (Å²) in [7, 11) is 0. The van der Waals surface area contributed by atoms with Gasteiger partial charge in [-0.3, -0.25) is 9.59 Å². The van der Waals surface area contributed by atoms with Crippen LogP contribution in [0.5, 0.6) is 0 Å². The van der Waals surface area contributed by atoms with Crippen molar-refractivity contribution in [1.82, 2.24) is 20.4 Å². The molecule has 11 nitrogen and oxygen atoms in total. The summed E-state index contributed by atoms with van der Waals surface area (Å²) >= 11 is 0. The lowest BCUT2D eigenvalue weighted by molar-refractivity contribution is 0.0955. The first-order chi connectivity index (χ1) is 17.2. The number of ketones is 1. The van der Waals surface area contributed by atoms with Crippen LogP contribution in [0.1, 0.15) is 75.8 Å². The van der Waals surface area contributed by atoms with Crippen LogP contribution in [-0.2, 0) is 6.42 Å². The van der Waals surface area contributed by atoms with Gasteiger partial charge in [0.2, 0.25) is 17.6 Å². The highest BCUT2D eigenvalue weighted by Crippen LogP contribution is 2.32. The first-order valence-electron chi connectivity index (χ1n) is 11.4. The van der Waals surface area contributed by atoms with Crippen LogP contribution in [0.15, 0.2) is 45.2 Å². The molecule has 1 amide bonds. The van der Waals surface area contributed by atoms with Gasteiger partial charge >= 0.3 is 11.8 Å². The number of aromatic nitrogens is 4. The molecular weight excluding hydrogens is 526 g/mol. The second kappa shape index (κ2) is 12.8. The standard InChI is InChI=1S/C25H27N7O4.2H2S/c1-12-16(11-20(33)24-31-29-22(35-24)14(3)26)7-5-8-17(12)18-9-6-10-19(13(18)2)28-21(34)25-32-30-23(36-25)15(4)27;;/h5-10,14-15H,11,26-27H2,1-4H3,(H,28,34);2*1H2/t14-,15-;;/m0../s1. The predicted molar refractivity (Wildman–Crippen MR) is 152 cm³/mol. The molecule has 0 aliphatic rings. The van der Waals surface area contributed by atoms with Crippen molar-refractivity contribution in [2.24, 2.45) is 11.5 Å². The molecule has 0 saturated carbocycles. The fourth-order valence-electron chi connectivity index (χ4n) is 3.70. The Morgan fingerprint density at radius 1 is 0.816 bits per heavy atom. The van der Waals surface area contributed by atoms with E-state index in [0.29, 0.717) is 5.69 Å². The highest BCUT2D eigenvalue weighted by Gasteiger charge is 2.21. The summed E-state index contributed by atoms with van der Waals surface area (Å²) in [5.74, 6) is -0.665. The number of nitrogens with two attached hydrogens (primary N) is 2. The van der Waals surface area contributed by atoms with Gasteiger partial charge in [0, 0.05) is 12.1 Å². The summed E-state index contributed by atoms with van der Waals surface area (Å²) in [5, 5.41) is 18.0. The summed E-state index contributed by atoms with van der Waals surface area (Å²) in [5.41, 5.74) is 16.5. The monoisotopic (exact) mass is 557 g/mol. The third kappa shape index (κ3) is 6.48. The number of benzene rings is 2. The van der Waals surface area contributed by atoms with Crippen molar-refractivity contribution in [3.8, 4) is 11.1 Å². The van der Waals surface area contributed by atoms with Crippen LogP contribution < -0.4 is 16.8 Å². The molecule has 0 fully saturated rings. The van der Waals surface area contributed by atoms with Gasteiger partial charge in [-0.15, -0.1) is 20.4 Å². The van der Waals surface area contributed by atoms with Crippen LogP contribution in [0.3, 0.4) is 0 Å². The minimum Gasteiger partial charge on any atom is -0.417 e. The van der Waals surface area contributed by atoms with E-state index in [-0.39, 0.29) is 62.8 Å². The number of anilines is 1. The van der Waals surface area contributed by atoms with E-state index in [1.54, 1.807) is 19.9 Å². The first-order valence-corrected chi connectivity index (χ1v) is 11.4. The molecule has 4 aromatic rings. The van der Waals surface area contributed by atoms with Crippen LogP contribution in [0.2, 0.25) is 0 Å². The smallest absolute Gasteiger partial charge is 0.313 e. The summed E-state index contributed by atoms with van der Waals surface area (Å²) in [6, 6.07) is 10.4. The minimum atomic E-state index is -0.531. The molecule has 0 aliphatic carbocycles. The fourth-order valence-corrected chi connectivity index (χ4v) is 3.70. The zero-order valence-corrected chi connectivity index (χ0v) is 23.4. The zero-order valence-electron chi connectivity index (χ0n) is 21.4. The van der Waals surface area contributed by atoms with Crippen molar-refractivity contribution >= 4 is 44.4 Å². The Hall–Kier alpha value is -3.52. The van der Waals surface area contributed by atoms with E-state index < -0.39 is 18.0 Å². The van der Waals surface area contributed by atoms with Gasteiger partial charge in [0.15, 0.2) is 0 Å². The third-order valence-electron chi connectivity index (χ3n) is 5.76. The van der Waals surface area contributed by atoms with Crippen molar-refractivity contribution in [1.29, 1.82) is 0 Å². The molecule has 2 atom stereocenters.